The van der Waals surface area contributed by atoms with Crippen LogP contribution in [0.1, 0.15) is 19.0 Å². The van der Waals surface area contributed by atoms with Crippen molar-refractivity contribution < 1.29 is 14.3 Å². The molecule has 2 heterocycles. The molecule has 1 fully saturated rings. The van der Waals surface area contributed by atoms with Crippen LogP contribution in [0.25, 0.3) is 0 Å². The molecule has 1 atom stereocenters. The smallest absolute Gasteiger partial charge is 0.260 e. The third-order valence-electron chi connectivity index (χ3n) is 3.19. The molecule has 5 heteroatoms. The molecule has 104 valence electrons. The van der Waals surface area contributed by atoms with Gasteiger partial charge in [-0.2, -0.15) is 0 Å². The highest BCUT2D eigenvalue weighted by Gasteiger charge is 2.23. The number of ether oxygens (including phenoxy) is 2. The van der Waals surface area contributed by atoms with Gasteiger partial charge >= 0.3 is 0 Å². The molecular formula is C14H20N2O3. The van der Waals surface area contributed by atoms with Crippen molar-refractivity contribution in [3.05, 3.63) is 24.0 Å². The number of pyridine rings is 1. The Morgan fingerprint density at radius 1 is 1.58 bits per heavy atom. The van der Waals surface area contributed by atoms with E-state index in [9.17, 15) is 4.79 Å². The van der Waals surface area contributed by atoms with Gasteiger partial charge < -0.3 is 14.4 Å². The molecule has 1 amide bonds. The predicted octanol–water partition coefficient (Wildman–Crippen LogP) is 1.41. The second-order valence-electron chi connectivity index (χ2n) is 4.66. The van der Waals surface area contributed by atoms with E-state index in [1.54, 1.807) is 11.1 Å². The maximum Gasteiger partial charge on any atom is 0.260 e. The summed E-state index contributed by atoms with van der Waals surface area (Å²) in [7, 11) is 0. The summed E-state index contributed by atoms with van der Waals surface area (Å²) in [6.45, 7) is 5.94. The van der Waals surface area contributed by atoms with Crippen molar-refractivity contribution in [3.63, 3.8) is 0 Å². The van der Waals surface area contributed by atoms with Crippen LogP contribution in [0.3, 0.4) is 0 Å². The van der Waals surface area contributed by atoms with Gasteiger partial charge in [-0.05, 0) is 25.5 Å². The fourth-order valence-electron chi connectivity index (χ4n) is 1.97. The van der Waals surface area contributed by atoms with Crippen molar-refractivity contribution >= 4 is 5.91 Å². The zero-order valence-electron chi connectivity index (χ0n) is 11.5. The lowest BCUT2D eigenvalue weighted by Gasteiger charge is -2.32. The van der Waals surface area contributed by atoms with Crippen LogP contribution in [-0.2, 0) is 9.53 Å². The average molecular weight is 264 g/mol. The van der Waals surface area contributed by atoms with E-state index in [1.165, 1.54) is 0 Å². The van der Waals surface area contributed by atoms with E-state index >= 15 is 0 Å². The lowest BCUT2D eigenvalue weighted by atomic mass is 10.2. The molecular weight excluding hydrogens is 244 g/mol. The number of nitrogens with zero attached hydrogens (tertiary/aromatic N) is 2. The molecule has 0 bridgehead atoms. The van der Waals surface area contributed by atoms with Crippen LogP contribution < -0.4 is 4.74 Å². The molecule has 19 heavy (non-hydrogen) atoms. The summed E-state index contributed by atoms with van der Waals surface area (Å²) in [5.41, 5.74) is 0.928. The molecule has 1 aromatic heterocycles. The second-order valence-corrected chi connectivity index (χ2v) is 4.66. The number of carbonyl (C=O) groups is 1. The molecule has 0 spiro atoms. The summed E-state index contributed by atoms with van der Waals surface area (Å²) >= 11 is 0. The average Bonchev–Trinajstić information content (AvgIpc) is 2.46. The molecule has 1 aliphatic rings. The van der Waals surface area contributed by atoms with Crippen molar-refractivity contribution in [2.75, 3.05) is 26.3 Å². The van der Waals surface area contributed by atoms with Gasteiger partial charge in [-0.25, -0.2) is 0 Å². The van der Waals surface area contributed by atoms with Gasteiger partial charge in [-0.3, -0.25) is 9.78 Å². The van der Waals surface area contributed by atoms with Gasteiger partial charge in [-0.15, -0.1) is 0 Å². The van der Waals surface area contributed by atoms with Crippen molar-refractivity contribution in [1.29, 1.82) is 0 Å². The largest absolute Gasteiger partial charge is 0.482 e. The Balaban J connectivity index is 1.82. The number of aromatic nitrogens is 1. The monoisotopic (exact) mass is 264 g/mol. The third kappa shape index (κ3) is 3.92. The summed E-state index contributed by atoms with van der Waals surface area (Å²) in [4.78, 5) is 18.0. The third-order valence-corrected chi connectivity index (χ3v) is 3.19. The number of hydrogen-bond acceptors (Lipinski definition) is 4. The fourth-order valence-corrected chi connectivity index (χ4v) is 1.97. The number of aryl methyl sites for hydroxylation is 1. The first-order chi connectivity index (χ1) is 9.19. The highest BCUT2D eigenvalue weighted by molar-refractivity contribution is 5.77. The van der Waals surface area contributed by atoms with Crippen LogP contribution in [0.15, 0.2) is 18.3 Å². The molecule has 0 unspecified atom stereocenters. The standard InChI is InChI=1S/C14H20N2O3/c1-3-12-9-16(6-7-18-12)14(17)10-19-13-5-4-11(2)15-8-13/h4-5,8,12H,3,6-7,9-10H2,1-2H3/t12-/m0/s1. The molecule has 1 saturated heterocycles. The summed E-state index contributed by atoms with van der Waals surface area (Å²) in [5, 5.41) is 0. The number of morpholine rings is 1. The topological polar surface area (TPSA) is 51.7 Å². The molecule has 0 saturated carbocycles. The van der Waals surface area contributed by atoms with Gasteiger partial charge in [0, 0.05) is 18.8 Å². The normalized spacial score (nSPS) is 19.3. The molecule has 1 aliphatic heterocycles. The minimum absolute atomic E-state index is 0.00215. The van der Waals surface area contributed by atoms with Crippen LogP contribution in [0.2, 0.25) is 0 Å². The minimum atomic E-state index is 0.00215. The maximum absolute atomic E-state index is 12.0. The zero-order chi connectivity index (χ0) is 13.7. The quantitative estimate of drug-likeness (QED) is 0.825. The van der Waals surface area contributed by atoms with E-state index in [4.69, 9.17) is 9.47 Å². The number of carbonyl (C=O) groups excluding carboxylic acids is 1. The van der Waals surface area contributed by atoms with Gasteiger partial charge in [0.15, 0.2) is 6.61 Å². The van der Waals surface area contributed by atoms with E-state index in [1.807, 2.05) is 19.1 Å². The Bertz CT molecular complexity index is 419. The van der Waals surface area contributed by atoms with Crippen molar-refractivity contribution in [3.8, 4) is 5.75 Å². The molecule has 0 N–H and O–H groups in total. The first-order valence-electron chi connectivity index (χ1n) is 6.64. The first kappa shape index (κ1) is 13.8. The Kier molecular flexibility index (Phi) is 4.74. The summed E-state index contributed by atoms with van der Waals surface area (Å²) < 4.78 is 11.0. The van der Waals surface area contributed by atoms with E-state index in [2.05, 4.69) is 11.9 Å². The van der Waals surface area contributed by atoms with E-state index < -0.39 is 0 Å². The zero-order valence-corrected chi connectivity index (χ0v) is 11.5. The Morgan fingerprint density at radius 2 is 2.42 bits per heavy atom. The van der Waals surface area contributed by atoms with E-state index in [-0.39, 0.29) is 18.6 Å². The second kappa shape index (κ2) is 6.52. The van der Waals surface area contributed by atoms with Crippen LogP contribution in [0.5, 0.6) is 5.75 Å². The summed E-state index contributed by atoms with van der Waals surface area (Å²) in [6.07, 6.45) is 2.71. The van der Waals surface area contributed by atoms with Crippen molar-refractivity contribution in [2.24, 2.45) is 0 Å². The lowest BCUT2D eigenvalue weighted by molar-refractivity contribution is -0.141. The SMILES string of the molecule is CC[C@H]1CN(C(=O)COc2ccc(C)nc2)CCO1. The highest BCUT2D eigenvalue weighted by Crippen LogP contribution is 2.11. The number of amides is 1. The molecule has 0 radical (unpaired) electrons. The maximum atomic E-state index is 12.0. The van der Waals surface area contributed by atoms with Crippen LogP contribution in [0.4, 0.5) is 0 Å². The molecule has 0 aliphatic carbocycles. The molecule has 5 nitrogen and oxygen atoms in total. The van der Waals surface area contributed by atoms with Gasteiger partial charge in [0.25, 0.3) is 5.91 Å². The Labute approximate surface area is 113 Å². The highest BCUT2D eigenvalue weighted by atomic mass is 16.5. The predicted molar refractivity (Wildman–Crippen MR) is 71.1 cm³/mol. The van der Waals surface area contributed by atoms with Gasteiger partial charge in [0.1, 0.15) is 5.75 Å². The van der Waals surface area contributed by atoms with E-state index in [0.29, 0.717) is 25.4 Å². The summed E-state index contributed by atoms with van der Waals surface area (Å²) in [5.74, 6) is 0.626. The number of rotatable bonds is 4. The number of hydrogen-bond donors (Lipinski definition) is 0. The Morgan fingerprint density at radius 3 is 3.11 bits per heavy atom. The first-order valence-corrected chi connectivity index (χ1v) is 6.64. The molecule has 2 rings (SSSR count). The fraction of sp³-hybridized carbons (Fsp3) is 0.571. The van der Waals surface area contributed by atoms with Gasteiger partial charge in [0.05, 0.1) is 18.9 Å². The van der Waals surface area contributed by atoms with Crippen LogP contribution in [0, 0.1) is 6.92 Å². The Hall–Kier alpha value is -1.62. The summed E-state index contributed by atoms with van der Waals surface area (Å²) in [6, 6.07) is 3.69. The molecule has 1 aromatic rings. The van der Waals surface area contributed by atoms with Crippen molar-refractivity contribution in [2.45, 2.75) is 26.4 Å². The van der Waals surface area contributed by atoms with Gasteiger partial charge in [0.2, 0.25) is 0 Å². The lowest BCUT2D eigenvalue weighted by Crippen LogP contribution is -2.47. The van der Waals surface area contributed by atoms with Gasteiger partial charge in [-0.1, -0.05) is 6.92 Å². The van der Waals surface area contributed by atoms with Crippen LogP contribution >= 0.6 is 0 Å². The minimum Gasteiger partial charge on any atom is -0.482 e. The van der Waals surface area contributed by atoms with Crippen LogP contribution in [-0.4, -0.2) is 48.2 Å². The van der Waals surface area contributed by atoms with Crippen molar-refractivity contribution in [1.82, 2.24) is 9.88 Å². The van der Waals surface area contributed by atoms with E-state index in [0.717, 1.165) is 12.1 Å². The molecule has 0 aromatic carbocycles.